The Labute approximate surface area is 516 Å². The summed E-state index contributed by atoms with van der Waals surface area (Å²) in [6, 6.07) is 12.3. The molecule has 0 radical (unpaired) electrons. The van der Waals surface area contributed by atoms with Gasteiger partial charge in [0, 0.05) is 78.3 Å². The Morgan fingerprint density at radius 3 is 1.36 bits per heavy atom. The van der Waals surface area contributed by atoms with Gasteiger partial charge in [-0.05, 0) is 143 Å². The Hall–Kier alpha value is -8.53. The third-order valence-electron chi connectivity index (χ3n) is 14.0. The average Bonchev–Trinajstić information content (AvgIpc) is 2.28. The fourth-order valence-electron chi connectivity index (χ4n) is 9.62. The predicted octanol–water partition coefficient (Wildman–Crippen LogP) is 10.5. The summed E-state index contributed by atoms with van der Waals surface area (Å²) in [5.74, 6) is 6.87. The third-order valence-corrected chi connectivity index (χ3v) is 14.0. The molecule has 3 saturated heterocycles. The van der Waals surface area contributed by atoms with Gasteiger partial charge in [0.05, 0.1) is 31.2 Å². The van der Waals surface area contributed by atoms with Crippen LogP contribution in [0.1, 0.15) is 134 Å². The molecule has 3 N–H and O–H groups in total. The van der Waals surface area contributed by atoms with Gasteiger partial charge in [0.2, 0.25) is 11.9 Å². The minimum absolute atomic E-state index is 0. The quantitative estimate of drug-likeness (QED) is 0.0491. The fourth-order valence-corrected chi connectivity index (χ4v) is 9.62. The van der Waals surface area contributed by atoms with Crippen molar-refractivity contribution in [3.8, 4) is 36.2 Å². The first kappa shape index (κ1) is 71.0. The number of carbonyl (C=O) groups is 5. The lowest BCUT2D eigenvalue weighted by molar-refractivity contribution is -0.156. The van der Waals surface area contributed by atoms with Crippen LogP contribution in [0.15, 0.2) is 60.9 Å². The first-order chi connectivity index (χ1) is 40.6. The second-order valence-electron chi connectivity index (χ2n) is 22.8. The van der Waals surface area contributed by atoms with Gasteiger partial charge in [-0.2, -0.15) is 9.97 Å². The van der Waals surface area contributed by atoms with Gasteiger partial charge in [-0.25, -0.2) is 33.9 Å². The van der Waals surface area contributed by atoms with Crippen molar-refractivity contribution >= 4 is 65.1 Å². The van der Waals surface area contributed by atoms with Crippen molar-refractivity contribution in [2.45, 2.75) is 159 Å². The summed E-state index contributed by atoms with van der Waals surface area (Å²) in [6.07, 6.45) is 20.1. The maximum Gasteiger partial charge on any atom is 0.415 e. The molecule has 5 heterocycles. The highest BCUT2D eigenvalue weighted by atomic mass is 16.6. The first-order valence-corrected chi connectivity index (χ1v) is 29.7. The zero-order valence-electron chi connectivity index (χ0n) is 51.4. The number of terminal acetylenes is 2. The van der Waals surface area contributed by atoms with Crippen molar-refractivity contribution in [1.82, 2.24) is 34.6 Å². The van der Waals surface area contributed by atoms with Crippen LogP contribution in [0, 0.1) is 24.7 Å². The Balaban J connectivity index is 0.000000369. The number of rotatable bonds is 22. The lowest BCUT2D eigenvalue weighted by Crippen LogP contribution is -2.43. The molecule has 7 rings (SSSR count). The molecule has 0 unspecified atom stereocenters. The molecule has 0 bridgehead atoms. The summed E-state index contributed by atoms with van der Waals surface area (Å²) in [4.78, 5) is 94.7. The summed E-state index contributed by atoms with van der Waals surface area (Å²) in [7, 11) is 0. The number of amides is 4. The van der Waals surface area contributed by atoms with E-state index in [0.29, 0.717) is 92.1 Å². The molecule has 2 aromatic heterocycles. The Kier molecular flexibility index (Phi) is 27.7. The molecule has 2 atom stereocenters. The van der Waals surface area contributed by atoms with Crippen LogP contribution >= 0.6 is 0 Å². The number of aromatic nitrogens is 4. The highest BCUT2D eigenvalue weighted by Gasteiger charge is 2.33. The Bertz CT molecular complexity index is 2930. The molecular weight excluding hydrogens is 1110 g/mol. The lowest BCUT2D eigenvalue weighted by atomic mass is 10.0. The largest absolute Gasteiger partial charge is 0.458 e. The summed E-state index contributed by atoms with van der Waals surface area (Å²) < 4.78 is 22.6. The zero-order valence-corrected chi connectivity index (χ0v) is 51.4. The van der Waals surface area contributed by atoms with Crippen LogP contribution in [0.3, 0.4) is 0 Å². The van der Waals surface area contributed by atoms with E-state index in [0.717, 1.165) is 75.8 Å². The van der Waals surface area contributed by atoms with E-state index >= 15 is 0 Å². The normalized spacial score (nSPS) is 14.2. The molecule has 474 valence electrons. The molecule has 0 saturated carbocycles. The van der Waals surface area contributed by atoms with Crippen molar-refractivity contribution in [3.05, 3.63) is 72.1 Å². The standard InChI is InChI=1S/C34H47N7O5.C29H40N6O4.2CH4/c1-7-18-41(32(43)39-19-10-11-20-39)28-24-35-31(38(8-2)9-3)37-29(28)36-27(30(42)46-34(4,5)6)23-25-14-16-26(17-15-25)45-33(44)40-21-12-13-22-40;1-7-16-30-24-20-31-27(34(8-2)9-3)33-25(24)32-23(26(36)39-29(4,5)6)19-21-12-14-22(15-13-21)38-28(37)35-17-10-11-18-35;;/h1,14-17,24,27H,8-13,18-23H2,2-6H3,(H,35,36,37);1,12-15,20,23,30H,8-11,16-19H2,2-6H3,(H,31,32,33);2*1H4/t27-;23-;;/m00../s1. The number of likely N-dealkylation sites (tertiary alicyclic amines) is 3. The minimum Gasteiger partial charge on any atom is -0.458 e. The van der Waals surface area contributed by atoms with Gasteiger partial charge in [-0.15, -0.1) is 12.8 Å². The van der Waals surface area contributed by atoms with E-state index in [-0.39, 0.29) is 52.6 Å². The lowest BCUT2D eigenvalue weighted by Gasteiger charge is -2.30. The van der Waals surface area contributed by atoms with Gasteiger partial charge in [0.25, 0.3) is 0 Å². The minimum atomic E-state index is -0.884. The van der Waals surface area contributed by atoms with Crippen LogP contribution in [0.5, 0.6) is 11.5 Å². The molecule has 3 aliphatic heterocycles. The van der Waals surface area contributed by atoms with Gasteiger partial charge in [-0.1, -0.05) is 51.0 Å². The van der Waals surface area contributed by atoms with Gasteiger partial charge in [0.1, 0.15) is 40.5 Å². The molecule has 2 aromatic carbocycles. The molecule has 0 aliphatic carbocycles. The number of nitrogens with zero attached hydrogens (tertiary/aromatic N) is 10. The SMILES string of the molecule is C.C.C#CCN(C(=O)N1CCCC1)c1cnc(N(CC)CC)nc1N[C@@H](Cc1ccc(OC(=O)N2CCCC2)cc1)C(=O)OC(C)(C)C.C#CCNc1cnc(N(CC)CC)nc1N[C@@H](Cc1ccc(OC(=O)N2CCCC2)cc1)C(=O)OC(C)(C)C. The van der Waals surface area contributed by atoms with Gasteiger partial charge < -0.3 is 59.4 Å². The van der Waals surface area contributed by atoms with Crippen molar-refractivity contribution in [1.29, 1.82) is 0 Å². The van der Waals surface area contributed by atoms with Gasteiger partial charge in [-0.3, -0.25) is 4.90 Å². The van der Waals surface area contributed by atoms with Crippen LogP contribution in [0.2, 0.25) is 0 Å². The predicted molar refractivity (Wildman–Crippen MR) is 345 cm³/mol. The van der Waals surface area contributed by atoms with E-state index in [2.05, 4.69) is 37.8 Å². The number of ether oxygens (including phenoxy) is 4. The number of hydrogen-bond donors (Lipinski definition) is 3. The third kappa shape index (κ3) is 21.4. The topological polar surface area (TPSA) is 229 Å². The number of urea groups is 1. The molecular formula is C65H95N13O9. The van der Waals surface area contributed by atoms with E-state index in [4.69, 9.17) is 41.8 Å². The van der Waals surface area contributed by atoms with Crippen LogP contribution in [-0.4, -0.2) is 167 Å². The van der Waals surface area contributed by atoms with Crippen LogP contribution in [0.4, 0.5) is 49.3 Å². The maximum absolute atomic E-state index is 13.7. The highest BCUT2D eigenvalue weighted by Crippen LogP contribution is 2.31. The van der Waals surface area contributed by atoms with Crippen molar-refractivity contribution in [2.24, 2.45) is 0 Å². The molecule has 4 amide bonds. The van der Waals surface area contributed by atoms with E-state index in [1.165, 1.54) is 4.90 Å². The molecule has 22 heteroatoms. The second-order valence-corrected chi connectivity index (χ2v) is 22.8. The highest BCUT2D eigenvalue weighted by molar-refractivity contribution is 5.96. The summed E-state index contributed by atoms with van der Waals surface area (Å²) in [6.45, 7) is 26.2. The zero-order chi connectivity index (χ0) is 61.7. The number of carbonyl (C=O) groups excluding carboxylic acids is 5. The number of hydrogen-bond acceptors (Lipinski definition) is 18. The average molecular weight is 1200 g/mol. The molecule has 0 spiro atoms. The second kappa shape index (κ2) is 34.0. The van der Waals surface area contributed by atoms with E-state index in [1.807, 2.05) is 103 Å². The number of benzene rings is 2. The molecule has 4 aromatic rings. The first-order valence-electron chi connectivity index (χ1n) is 29.7. The number of esters is 2. The van der Waals surface area contributed by atoms with Crippen LogP contribution in [-0.2, 0) is 31.9 Å². The van der Waals surface area contributed by atoms with Crippen molar-refractivity contribution in [3.63, 3.8) is 0 Å². The van der Waals surface area contributed by atoms with Crippen molar-refractivity contribution < 1.29 is 42.9 Å². The number of nitrogens with one attached hydrogen (secondary N) is 3. The maximum atomic E-state index is 13.7. The van der Waals surface area contributed by atoms with E-state index in [9.17, 15) is 24.0 Å². The molecule has 3 fully saturated rings. The van der Waals surface area contributed by atoms with Gasteiger partial charge in [0.15, 0.2) is 11.6 Å². The summed E-state index contributed by atoms with van der Waals surface area (Å²) in [5.41, 5.74) is 1.21. The molecule has 22 nitrogen and oxygen atoms in total. The fraction of sp³-hybridized carbons (Fsp3) is 0.554. The Morgan fingerprint density at radius 1 is 0.575 bits per heavy atom. The summed E-state index contributed by atoms with van der Waals surface area (Å²) >= 11 is 0. The smallest absolute Gasteiger partial charge is 0.415 e. The van der Waals surface area contributed by atoms with Crippen LogP contribution < -0.4 is 40.1 Å². The van der Waals surface area contributed by atoms with E-state index < -0.39 is 35.2 Å². The monoisotopic (exact) mass is 1200 g/mol. The van der Waals surface area contributed by atoms with Gasteiger partial charge >= 0.3 is 30.2 Å². The number of anilines is 6. The Morgan fingerprint density at radius 2 is 0.966 bits per heavy atom. The molecule has 3 aliphatic rings. The van der Waals surface area contributed by atoms with Crippen LogP contribution in [0.25, 0.3) is 0 Å². The van der Waals surface area contributed by atoms with Crippen molar-refractivity contribution in [2.75, 3.05) is 109 Å². The van der Waals surface area contributed by atoms with E-state index in [1.54, 1.807) is 51.4 Å². The summed E-state index contributed by atoms with van der Waals surface area (Å²) in [5, 5.41) is 9.71. The molecule has 87 heavy (non-hydrogen) atoms.